The van der Waals surface area contributed by atoms with Gasteiger partial charge in [0.1, 0.15) is 24.3 Å². The first-order valence-electron chi connectivity index (χ1n) is 13.8. The van der Waals surface area contributed by atoms with Crippen LogP contribution in [0.25, 0.3) is 23.0 Å². The van der Waals surface area contributed by atoms with Gasteiger partial charge in [-0.05, 0) is 65.7 Å². The van der Waals surface area contributed by atoms with Crippen LogP contribution in [0.1, 0.15) is 48.8 Å². The number of aromatic amines is 1. The first kappa shape index (κ1) is 30.7. The highest BCUT2D eigenvalue weighted by molar-refractivity contribution is 6.30. The molecular weight excluding hydrogens is 604 g/mol. The van der Waals surface area contributed by atoms with Crippen LogP contribution in [0.5, 0.6) is 0 Å². The number of anilines is 2. The molecule has 3 heterocycles. The maximum Gasteiger partial charge on any atom is 0.411 e. The first-order chi connectivity index (χ1) is 21.7. The van der Waals surface area contributed by atoms with Gasteiger partial charge in [-0.25, -0.2) is 14.6 Å². The molecule has 15 nitrogen and oxygen atoms in total. The zero-order valence-electron chi connectivity index (χ0n) is 23.8. The molecule has 1 aliphatic rings. The second kappa shape index (κ2) is 13.7. The molecule has 2 bridgehead atoms. The molecule has 0 saturated carbocycles. The Morgan fingerprint density at radius 2 is 2.02 bits per heavy atom. The molecule has 0 radical (unpaired) electrons. The summed E-state index contributed by atoms with van der Waals surface area (Å²) in [6.45, 7) is 0. The normalized spacial score (nSPS) is 16.3. The van der Waals surface area contributed by atoms with E-state index in [0.717, 1.165) is 0 Å². The second-order valence-corrected chi connectivity index (χ2v) is 10.4. The van der Waals surface area contributed by atoms with Gasteiger partial charge in [-0.15, -0.1) is 5.10 Å². The Labute approximate surface area is 261 Å². The number of tetrazole rings is 1. The Morgan fingerprint density at radius 1 is 1.20 bits per heavy atom. The third kappa shape index (κ3) is 7.25. The number of carbonyl (C=O) groups excluding carboxylic acids is 2. The van der Waals surface area contributed by atoms with Gasteiger partial charge in [0.25, 0.3) is 0 Å². The molecule has 230 valence electrons. The summed E-state index contributed by atoms with van der Waals surface area (Å²) in [6.07, 6.45) is 5.42. The summed E-state index contributed by atoms with van der Waals surface area (Å²) >= 11 is 6.19. The number of methoxy groups -OCH3 is 1. The van der Waals surface area contributed by atoms with Crippen LogP contribution in [0, 0.1) is 11.3 Å². The van der Waals surface area contributed by atoms with Crippen LogP contribution >= 0.6 is 11.6 Å². The molecule has 2 aromatic heterocycles. The number of ether oxygens (including phenoxy) is 1. The van der Waals surface area contributed by atoms with E-state index in [4.69, 9.17) is 11.6 Å². The molecule has 0 fully saturated rings. The molecule has 0 saturated heterocycles. The van der Waals surface area contributed by atoms with Gasteiger partial charge >= 0.3 is 12.1 Å². The molecule has 2 amide bonds. The molecule has 45 heavy (non-hydrogen) atoms. The van der Waals surface area contributed by atoms with Crippen LogP contribution in [0.3, 0.4) is 0 Å². The summed E-state index contributed by atoms with van der Waals surface area (Å²) in [6, 6.07) is 10.3. The summed E-state index contributed by atoms with van der Waals surface area (Å²) in [4.78, 5) is 44.8. The number of aliphatic carboxylic acids is 1. The van der Waals surface area contributed by atoms with Gasteiger partial charge in [0, 0.05) is 33.6 Å². The lowest BCUT2D eigenvalue weighted by Crippen LogP contribution is -2.30. The number of carbonyl (C=O) groups is 3. The van der Waals surface area contributed by atoms with Crippen LogP contribution < -0.4 is 16.0 Å². The number of carboxylic acids is 1. The number of benzene rings is 2. The van der Waals surface area contributed by atoms with Gasteiger partial charge in [-0.3, -0.25) is 10.1 Å². The van der Waals surface area contributed by atoms with Crippen LogP contribution in [-0.4, -0.2) is 66.4 Å². The SMILES string of the molecule is COC(=O)Nc1ccc2c(c1)NC(C(=O)O)CCCCC(NC(=O)/C=C/c1cc(Cl)ccc1-n1cnnn1)c1nc(C#N)c-2[nH]1. The van der Waals surface area contributed by atoms with E-state index in [2.05, 4.69) is 52.2 Å². The van der Waals surface area contributed by atoms with Gasteiger partial charge in [0.15, 0.2) is 5.69 Å². The number of imidazole rings is 1. The van der Waals surface area contributed by atoms with Crippen molar-refractivity contribution in [1.29, 1.82) is 5.26 Å². The summed E-state index contributed by atoms with van der Waals surface area (Å²) in [5, 5.41) is 40.1. The minimum atomic E-state index is -1.06. The number of fused-ring (bicyclic) bond motifs is 4. The second-order valence-electron chi connectivity index (χ2n) is 10.0. The van der Waals surface area contributed by atoms with Crippen LogP contribution in [0.2, 0.25) is 5.02 Å². The number of halogens is 1. The largest absolute Gasteiger partial charge is 0.480 e. The number of rotatable bonds is 6. The quantitative estimate of drug-likeness (QED) is 0.191. The van der Waals surface area contributed by atoms with Gasteiger partial charge in [-0.2, -0.15) is 9.94 Å². The van der Waals surface area contributed by atoms with E-state index in [1.807, 2.05) is 0 Å². The Bertz CT molecular complexity index is 1800. The molecule has 2 unspecified atom stereocenters. The van der Waals surface area contributed by atoms with Crippen molar-refractivity contribution in [2.24, 2.45) is 0 Å². The number of hydrogen-bond acceptors (Lipinski definition) is 10. The number of nitriles is 1. The van der Waals surface area contributed by atoms with Crippen molar-refractivity contribution >= 4 is 47.0 Å². The zero-order chi connectivity index (χ0) is 31.9. The number of carboxylic acid groups (broad SMARTS) is 1. The molecular formula is C29H27ClN10O5. The van der Waals surface area contributed by atoms with Crippen LogP contribution in [0.4, 0.5) is 16.2 Å². The Morgan fingerprint density at radius 3 is 2.76 bits per heavy atom. The molecule has 5 N–H and O–H groups in total. The fourth-order valence-electron chi connectivity index (χ4n) is 4.90. The molecule has 5 rings (SSSR count). The van der Waals surface area contributed by atoms with Gasteiger partial charge in [-0.1, -0.05) is 24.4 Å². The molecule has 0 aliphatic carbocycles. The van der Waals surface area contributed by atoms with E-state index in [9.17, 15) is 24.8 Å². The van der Waals surface area contributed by atoms with E-state index in [-0.39, 0.29) is 12.1 Å². The van der Waals surface area contributed by atoms with Crippen molar-refractivity contribution in [1.82, 2.24) is 35.5 Å². The summed E-state index contributed by atoms with van der Waals surface area (Å²) < 4.78 is 6.11. The van der Waals surface area contributed by atoms with E-state index in [0.29, 0.717) is 64.0 Å². The van der Waals surface area contributed by atoms with Crippen molar-refractivity contribution in [3.63, 3.8) is 0 Å². The molecule has 0 spiro atoms. The molecule has 2 atom stereocenters. The minimum Gasteiger partial charge on any atom is -0.480 e. The standard InChI is InChI=1S/C29H27ClN10O5/c1-45-29(44)33-18-8-9-19-22(13-18)34-21(28(42)43)5-3-2-4-20(27-36-23(14-31)26(19)37-27)35-25(41)11-6-16-12-17(30)7-10-24(16)40-15-32-38-39-40/h6-13,15,20-21,34H,2-5H2,1H3,(H,33,44)(H,35,41)(H,36,37)(H,42,43)/b11-6+. The number of amides is 2. The summed E-state index contributed by atoms with van der Waals surface area (Å²) in [7, 11) is 1.23. The third-order valence-electron chi connectivity index (χ3n) is 7.06. The number of aromatic nitrogens is 6. The summed E-state index contributed by atoms with van der Waals surface area (Å²) in [5.74, 6) is -1.14. The fraction of sp³-hybridized carbons (Fsp3) is 0.241. The number of H-pyrrole nitrogens is 1. The Kier molecular flexibility index (Phi) is 9.34. The highest BCUT2D eigenvalue weighted by Gasteiger charge is 2.26. The van der Waals surface area contributed by atoms with Crippen molar-refractivity contribution in [3.05, 3.63) is 70.9 Å². The fourth-order valence-corrected chi connectivity index (χ4v) is 5.08. The topological polar surface area (TPSA) is 213 Å². The molecule has 1 aliphatic heterocycles. The first-order valence-corrected chi connectivity index (χ1v) is 14.1. The van der Waals surface area contributed by atoms with Crippen molar-refractivity contribution < 1.29 is 24.2 Å². The number of hydrogen-bond donors (Lipinski definition) is 5. The van der Waals surface area contributed by atoms with Crippen LogP contribution in [-0.2, 0) is 14.3 Å². The predicted molar refractivity (Wildman–Crippen MR) is 162 cm³/mol. The van der Waals surface area contributed by atoms with Crippen molar-refractivity contribution in [2.75, 3.05) is 17.7 Å². The van der Waals surface area contributed by atoms with Crippen molar-refractivity contribution in [2.45, 2.75) is 37.8 Å². The Hall–Kier alpha value is -5.75. The van der Waals surface area contributed by atoms with Gasteiger partial charge in [0.2, 0.25) is 5.91 Å². The lowest BCUT2D eigenvalue weighted by molar-refractivity contribution is -0.138. The monoisotopic (exact) mass is 630 g/mol. The molecule has 2 aromatic carbocycles. The van der Waals surface area contributed by atoms with E-state index >= 15 is 0 Å². The number of nitrogens with zero attached hydrogens (tertiary/aromatic N) is 6. The zero-order valence-corrected chi connectivity index (χ0v) is 24.6. The lowest BCUT2D eigenvalue weighted by Gasteiger charge is -2.21. The lowest BCUT2D eigenvalue weighted by atomic mass is 10.0. The van der Waals surface area contributed by atoms with Gasteiger partial charge in [0.05, 0.1) is 24.5 Å². The maximum atomic E-state index is 13.2. The third-order valence-corrected chi connectivity index (χ3v) is 7.29. The Balaban J connectivity index is 1.47. The highest BCUT2D eigenvalue weighted by atomic mass is 35.5. The smallest absolute Gasteiger partial charge is 0.411 e. The van der Waals surface area contributed by atoms with Gasteiger partial charge < -0.3 is 25.5 Å². The van der Waals surface area contributed by atoms with Crippen LogP contribution in [0.15, 0.2) is 48.8 Å². The van der Waals surface area contributed by atoms with E-state index in [1.54, 1.807) is 42.5 Å². The molecule has 4 aromatic rings. The average molecular weight is 631 g/mol. The highest BCUT2D eigenvalue weighted by Crippen LogP contribution is 2.35. The average Bonchev–Trinajstić information content (AvgIpc) is 3.71. The van der Waals surface area contributed by atoms with Crippen molar-refractivity contribution in [3.8, 4) is 23.0 Å². The minimum absolute atomic E-state index is 0.0488. The maximum absolute atomic E-state index is 13.2. The predicted octanol–water partition coefficient (Wildman–Crippen LogP) is 4.07. The molecule has 16 heteroatoms. The van der Waals surface area contributed by atoms with E-state index < -0.39 is 30.1 Å². The summed E-state index contributed by atoms with van der Waals surface area (Å²) in [5.41, 5.74) is 2.74. The number of nitrogens with one attached hydrogen (secondary N) is 4. The van der Waals surface area contributed by atoms with E-state index in [1.165, 1.54) is 24.2 Å².